The Labute approximate surface area is 264 Å². The molecule has 1 saturated carbocycles. The molecule has 5 rings (SSSR count). The van der Waals surface area contributed by atoms with Gasteiger partial charge in [-0.1, -0.05) is 59.7 Å². The summed E-state index contributed by atoms with van der Waals surface area (Å²) < 4.78 is 0. The fraction of sp³-hybridized carbons (Fsp3) is 0.486. The number of carbonyl (C=O) groups is 3. The average molecular weight is 617 g/mol. The summed E-state index contributed by atoms with van der Waals surface area (Å²) in [6, 6.07) is 7.36. The van der Waals surface area contributed by atoms with Gasteiger partial charge in [-0.3, -0.25) is 14.4 Å². The van der Waals surface area contributed by atoms with Crippen LogP contribution < -0.4 is 0 Å². The minimum Gasteiger partial charge on any atom is -0.508 e. The second kappa shape index (κ2) is 10.6. The highest BCUT2D eigenvalue weighted by Crippen LogP contribution is 2.65. The van der Waals surface area contributed by atoms with E-state index in [1.807, 2.05) is 45.9 Å². The van der Waals surface area contributed by atoms with E-state index in [1.165, 1.54) is 0 Å². The lowest BCUT2D eigenvalue weighted by atomic mass is 9.43. The Morgan fingerprint density at radius 1 is 1.00 bits per heavy atom. The second-order valence-corrected chi connectivity index (χ2v) is 14.6. The highest BCUT2D eigenvalue weighted by atomic mass is 16.3. The Balaban J connectivity index is 1.73. The maximum atomic E-state index is 14.6. The van der Waals surface area contributed by atoms with Crippen LogP contribution in [0.15, 0.2) is 41.2 Å². The minimum atomic E-state index is -2.64. The summed E-state index contributed by atoms with van der Waals surface area (Å²) in [6.45, 7) is 13.9. The van der Waals surface area contributed by atoms with Gasteiger partial charge in [0, 0.05) is 22.3 Å². The first-order valence-electron chi connectivity index (χ1n) is 15.7. The molecule has 1 fully saturated rings. The molecule has 0 radical (unpaired) electrons. The van der Waals surface area contributed by atoms with Crippen LogP contribution in [0.5, 0.6) is 11.5 Å². The number of aliphatic hydroxyl groups excluding tert-OH is 2. The van der Waals surface area contributed by atoms with Gasteiger partial charge in [-0.15, -0.1) is 0 Å². The van der Waals surface area contributed by atoms with E-state index in [0.717, 1.165) is 23.6 Å². The zero-order valence-electron chi connectivity index (χ0n) is 27.3. The van der Waals surface area contributed by atoms with Crippen molar-refractivity contribution in [2.45, 2.75) is 92.6 Å². The Bertz CT molecular complexity index is 1730. The number of hydrogen-bond acceptors (Lipinski definition) is 8. The van der Waals surface area contributed by atoms with Crippen molar-refractivity contribution < 1.29 is 39.9 Å². The molecule has 8 heteroatoms. The summed E-state index contributed by atoms with van der Waals surface area (Å²) in [6.07, 6.45) is 1.19. The summed E-state index contributed by atoms with van der Waals surface area (Å²) in [5.41, 5.74) is -2.01. The van der Waals surface area contributed by atoms with Crippen molar-refractivity contribution in [1.82, 2.24) is 0 Å². The normalized spacial score (nSPS) is 28.0. The predicted octanol–water partition coefficient (Wildman–Crippen LogP) is 6.11. The Morgan fingerprint density at radius 3 is 2.20 bits per heavy atom. The van der Waals surface area contributed by atoms with Crippen molar-refractivity contribution in [3.63, 3.8) is 0 Å². The van der Waals surface area contributed by atoms with E-state index in [1.54, 1.807) is 26.8 Å². The van der Waals surface area contributed by atoms with Gasteiger partial charge in [0.25, 0.3) is 0 Å². The molecule has 0 amide bonds. The van der Waals surface area contributed by atoms with Gasteiger partial charge < -0.3 is 25.5 Å². The fourth-order valence-electron chi connectivity index (χ4n) is 8.67. The lowest BCUT2D eigenvalue weighted by molar-refractivity contribution is -0.178. The lowest BCUT2D eigenvalue weighted by Crippen LogP contribution is -2.69. The number of aliphatic hydroxyl groups is 3. The molecule has 2 aromatic rings. The van der Waals surface area contributed by atoms with Crippen LogP contribution in [0.25, 0.3) is 5.76 Å². The quantitative estimate of drug-likeness (QED) is 0.244. The fourth-order valence-corrected chi connectivity index (χ4v) is 8.67. The van der Waals surface area contributed by atoms with Gasteiger partial charge >= 0.3 is 0 Å². The summed E-state index contributed by atoms with van der Waals surface area (Å²) in [4.78, 5) is 40.9. The number of ketones is 3. The van der Waals surface area contributed by atoms with E-state index in [0.29, 0.717) is 24.0 Å². The molecule has 45 heavy (non-hydrogen) atoms. The molecule has 0 saturated heterocycles. The third kappa shape index (κ3) is 4.47. The monoisotopic (exact) mass is 616 g/mol. The molecule has 8 nitrogen and oxygen atoms in total. The van der Waals surface area contributed by atoms with Crippen molar-refractivity contribution >= 4 is 23.1 Å². The van der Waals surface area contributed by atoms with E-state index >= 15 is 0 Å². The van der Waals surface area contributed by atoms with Gasteiger partial charge in [-0.25, -0.2) is 0 Å². The molecule has 2 aromatic carbocycles. The second-order valence-electron chi connectivity index (χ2n) is 14.6. The zero-order valence-corrected chi connectivity index (χ0v) is 27.3. The third-order valence-corrected chi connectivity index (χ3v) is 10.7. The molecule has 3 aliphatic carbocycles. The Hall–Kier alpha value is -3.91. The third-order valence-electron chi connectivity index (χ3n) is 10.7. The summed E-state index contributed by atoms with van der Waals surface area (Å²) in [7, 11) is 0. The molecule has 0 aliphatic heterocycles. The van der Waals surface area contributed by atoms with Crippen LogP contribution >= 0.6 is 0 Å². The molecule has 1 unspecified atom stereocenters. The van der Waals surface area contributed by atoms with E-state index in [2.05, 4.69) is 0 Å². The predicted molar refractivity (Wildman–Crippen MR) is 170 cm³/mol. The average Bonchev–Trinajstić information content (AvgIpc) is 2.91. The van der Waals surface area contributed by atoms with Crippen LogP contribution in [0.3, 0.4) is 0 Å². The van der Waals surface area contributed by atoms with Gasteiger partial charge in [0.2, 0.25) is 5.78 Å². The molecule has 4 atom stereocenters. The molecule has 5 N–H and O–H groups in total. The van der Waals surface area contributed by atoms with Gasteiger partial charge in [-0.2, -0.15) is 0 Å². The Kier molecular flexibility index (Phi) is 7.64. The molecule has 240 valence electrons. The maximum absolute atomic E-state index is 14.6. The van der Waals surface area contributed by atoms with Gasteiger partial charge in [0.05, 0.1) is 5.56 Å². The first-order valence-corrected chi connectivity index (χ1v) is 15.7. The Morgan fingerprint density at radius 2 is 1.64 bits per heavy atom. The molecule has 0 aromatic heterocycles. The number of fused-ring (bicyclic) bond motifs is 3. The summed E-state index contributed by atoms with van der Waals surface area (Å²) >= 11 is 0. The van der Waals surface area contributed by atoms with Crippen molar-refractivity contribution in [3.8, 4) is 11.5 Å². The SMILES string of the molecule is CC(=O)C1=C(O)[C@]2(O)C(=O)C3=C(O)c4c(O)c(CCc5ccc(C)c(O)c5)cc(C(C)C)c4C[C@]3(C)C[C@]2(C)C(C(C)C)C1=O. The number of phenols is 2. The highest BCUT2D eigenvalue weighted by Gasteiger charge is 2.72. The van der Waals surface area contributed by atoms with Crippen molar-refractivity contribution in [1.29, 1.82) is 0 Å². The topological polar surface area (TPSA) is 152 Å². The van der Waals surface area contributed by atoms with Crippen molar-refractivity contribution in [2.75, 3.05) is 0 Å². The van der Waals surface area contributed by atoms with Crippen molar-refractivity contribution in [3.05, 3.63) is 74.6 Å². The number of benzene rings is 2. The van der Waals surface area contributed by atoms with Crippen LogP contribution in [-0.2, 0) is 33.6 Å². The van der Waals surface area contributed by atoms with E-state index < -0.39 is 56.8 Å². The zero-order chi connectivity index (χ0) is 33.5. The number of Topliss-reactive ketones (excluding diaryl/α,β-unsaturated/α-hetero) is 3. The molecule has 3 aliphatic rings. The molecule has 0 bridgehead atoms. The smallest absolute Gasteiger partial charge is 0.203 e. The van der Waals surface area contributed by atoms with E-state index in [4.69, 9.17) is 0 Å². The van der Waals surface area contributed by atoms with Crippen LogP contribution in [0.2, 0.25) is 0 Å². The first kappa shape index (κ1) is 32.5. The van der Waals surface area contributed by atoms with Crippen LogP contribution in [0, 0.1) is 29.6 Å². The maximum Gasteiger partial charge on any atom is 0.203 e. The number of allylic oxidation sites excluding steroid dienone is 1. The number of aryl methyl sites for hydroxylation is 3. The molecule has 0 heterocycles. The van der Waals surface area contributed by atoms with E-state index in [9.17, 15) is 39.9 Å². The van der Waals surface area contributed by atoms with Gasteiger partial charge in [-0.05, 0) is 85.3 Å². The largest absolute Gasteiger partial charge is 0.508 e. The molecular formula is C37H44O8. The van der Waals surface area contributed by atoms with Gasteiger partial charge in [0.1, 0.15) is 28.6 Å². The standard InChI is InChI=1S/C37H44O8/c1-17(2)23-14-22(12-11-21-10-9-19(5)25(39)13-21)30(40)27-24(23)15-35(7)16-36(8)28(18(3)4)31(41)26(20(6)38)33(43)37(36,45)34(44)29(35)32(27)42/h9-10,13-14,17-18,28,39-40,42-43,45H,11-12,15-16H2,1-8H3/t28?,35-,36-,37+/m1/s1. The first-order chi connectivity index (χ1) is 20.8. The minimum absolute atomic E-state index is 0.00365. The summed E-state index contributed by atoms with van der Waals surface area (Å²) in [5, 5.41) is 57.4. The number of hydrogen-bond donors (Lipinski definition) is 5. The number of rotatable bonds is 6. The van der Waals surface area contributed by atoms with E-state index in [-0.39, 0.29) is 47.3 Å². The summed E-state index contributed by atoms with van der Waals surface area (Å²) in [5.74, 6) is -5.09. The van der Waals surface area contributed by atoms with Crippen molar-refractivity contribution in [2.24, 2.45) is 22.7 Å². The number of carbonyl (C=O) groups excluding carboxylic acids is 3. The number of aromatic hydroxyl groups is 2. The van der Waals surface area contributed by atoms with Crippen LogP contribution in [0.4, 0.5) is 0 Å². The number of phenolic OH excluding ortho intramolecular Hbond substituents is 2. The molecular weight excluding hydrogens is 572 g/mol. The van der Waals surface area contributed by atoms with Crippen LogP contribution in [-0.4, -0.2) is 48.5 Å². The van der Waals surface area contributed by atoms with Gasteiger partial charge in [0.15, 0.2) is 17.2 Å². The molecule has 0 spiro atoms. The highest BCUT2D eigenvalue weighted by molar-refractivity contribution is 6.24. The van der Waals surface area contributed by atoms with Crippen LogP contribution in [0.1, 0.15) is 94.2 Å². The lowest BCUT2D eigenvalue weighted by Gasteiger charge is -2.60.